The van der Waals surface area contributed by atoms with E-state index in [1.54, 1.807) is 14.0 Å². The van der Waals surface area contributed by atoms with Crippen LogP contribution in [0.4, 0.5) is 14.5 Å². The maximum atomic E-state index is 13.1. The van der Waals surface area contributed by atoms with Crippen molar-refractivity contribution in [1.29, 1.82) is 0 Å². The smallest absolute Gasteiger partial charge is 0.241 e. The van der Waals surface area contributed by atoms with Gasteiger partial charge in [-0.25, -0.2) is 8.78 Å². The highest BCUT2D eigenvalue weighted by atomic mass is 19.1. The number of carbonyl (C=O) groups excluding carboxylic acids is 1. The van der Waals surface area contributed by atoms with Gasteiger partial charge in [0.15, 0.2) is 0 Å². The number of halogens is 2. The van der Waals surface area contributed by atoms with E-state index in [1.165, 1.54) is 0 Å². The van der Waals surface area contributed by atoms with E-state index in [2.05, 4.69) is 10.6 Å². The summed E-state index contributed by atoms with van der Waals surface area (Å²) in [4.78, 5) is 11.3. The van der Waals surface area contributed by atoms with E-state index in [4.69, 9.17) is 0 Å². The first kappa shape index (κ1) is 11.6. The van der Waals surface area contributed by atoms with Crippen LogP contribution in [-0.2, 0) is 4.79 Å². The van der Waals surface area contributed by atoms with Crippen LogP contribution in [0.1, 0.15) is 6.92 Å². The predicted molar refractivity (Wildman–Crippen MR) is 53.5 cm³/mol. The van der Waals surface area contributed by atoms with E-state index in [0.29, 0.717) is 0 Å². The van der Waals surface area contributed by atoms with Crippen molar-refractivity contribution in [3.05, 3.63) is 29.8 Å². The molecule has 82 valence electrons. The minimum absolute atomic E-state index is 0.151. The standard InChI is InChI=1S/C10H12F2N2O/c1-6(13-2)10(15)14-9-5-7(11)3-4-8(9)12/h3-6,13H,1-2H3,(H,14,15). The third-order valence-electron chi connectivity index (χ3n) is 2.01. The zero-order valence-electron chi connectivity index (χ0n) is 8.47. The van der Waals surface area contributed by atoms with Crippen molar-refractivity contribution in [1.82, 2.24) is 5.32 Å². The van der Waals surface area contributed by atoms with Gasteiger partial charge >= 0.3 is 0 Å². The number of hydrogen-bond donors (Lipinski definition) is 2. The minimum atomic E-state index is -0.659. The first-order valence-corrected chi connectivity index (χ1v) is 4.47. The number of likely N-dealkylation sites (N-methyl/N-ethyl adjacent to an activating group) is 1. The maximum Gasteiger partial charge on any atom is 0.241 e. The summed E-state index contributed by atoms with van der Waals surface area (Å²) in [5.41, 5.74) is -0.151. The molecule has 15 heavy (non-hydrogen) atoms. The van der Waals surface area contributed by atoms with Gasteiger partial charge in [-0.2, -0.15) is 0 Å². The number of hydrogen-bond acceptors (Lipinski definition) is 2. The van der Waals surface area contributed by atoms with E-state index in [1.807, 2.05) is 0 Å². The fourth-order valence-corrected chi connectivity index (χ4v) is 0.965. The Morgan fingerprint density at radius 3 is 2.67 bits per heavy atom. The quantitative estimate of drug-likeness (QED) is 0.800. The molecule has 0 radical (unpaired) electrons. The predicted octanol–water partition coefficient (Wildman–Crippen LogP) is 1.51. The number of benzene rings is 1. The lowest BCUT2D eigenvalue weighted by atomic mass is 10.2. The van der Waals surface area contributed by atoms with Gasteiger partial charge < -0.3 is 10.6 Å². The van der Waals surface area contributed by atoms with Crippen LogP contribution < -0.4 is 10.6 Å². The molecular formula is C10H12F2N2O. The Morgan fingerprint density at radius 1 is 1.40 bits per heavy atom. The maximum absolute atomic E-state index is 13.1. The third-order valence-corrected chi connectivity index (χ3v) is 2.01. The molecule has 0 aliphatic rings. The molecule has 0 aliphatic carbocycles. The molecule has 1 aromatic carbocycles. The topological polar surface area (TPSA) is 41.1 Å². The van der Waals surface area contributed by atoms with Gasteiger partial charge in [0.25, 0.3) is 0 Å². The van der Waals surface area contributed by atoms with E-state index in [0.717, 1.165) is 18.2 Å². The van der Waals surface area contributed by atoms with Crippen LogP contribution in [0.15, 0.2) is 18.2 Å². The first-order valence-electron chi connectivity index (χ1n) is 4.47. The molecule has 0 saturated carbocycles. The zero-order chi connectivity index (χ0) is 11.4. The minimum Gasteiger partial charge on any atom is -0.322 e. The number of amides is 1. The average Bonchev–Trinajstić information content (AvgIpc) is 2.22. The van der Waals surface area contributed by atoms with Gasteiger partial charge in [0.1, 0.15) is 11.6 Å². The number of rotatable bonds is 3. The summed E-state index contributed by atoms with van der Waals surface area (Å²) in [5.74, 6) is -1.67. The van der Waals surface area contributed by atoms with Crippen LogP contribution >= 0.6 is 0 Å². The summed E-state index contributed by atoms with van der Waals surface area (Å²) in [7, 11) is 1.60. The van der Waals surface area contributed by atoms with Crippen LogP contribution in [0.3, 0.4) is 0 Å². The molecule has 0 saturated heterocycles. The molecule has 3 nitrogen and oxygen atoms in total. The second-order valence-corrected chi connectivity index (χ2v) is 3.12. The molecule has 1 unspecified atom stereocenters. The lowest BCUT2D eigenvalue weighted by Gasteiger charge is -2.11. The van der Waals surface area contributed by atoms with E-state index < -0.39 is 23.6 Å². The Hall–Kier alpha value is -1.49. The second kappa shape index (κ2) is 4.84. The van der Waals surface area contributed by atoms with Gasteiger partial charge in [0, 0.05) is 6.07 Å². The van der Waals surface area contributed by atoms with Crippen molar-refractivity contribution in [2.45, 2.75) is 13.0 Å². The van der Waals surface area contributed by atoms with Crippen LogP contribution in [0.25, 0.3) is 0 Å². The molecule has 0 bridgehead atoms. The molecular weight excluding hydrogens is 202 g/mol. The van der Waals surface area contributed by atoms with E-state index in [9.17, 15) is 13.6 Å². The van der Waals surface area contributed by atoms with Gasteiger partial charge in [-0.05, 0) is 26.1 Å². The molecule has 2 N–H and O–H groups in total. The Kier molecular flexibility index (Phi) is 3.74. The Bertz CT molecular complexity index is 368. The molecule has 0 spiro atoms. The number of carbonyl (C=O) groups is 1. The molecule has 1 aromatic rings. The van der Waals surface area contributed by atoms with Crippen molar-refractivity contribution in [3.63, 3.8) is 0 Å². The lowest BCUT2D eigenvalue weighted by molar-refractivity contribution is -0.117. The van der Waals surface area contributed by atoms with Gasteiger partial charge in [-0.3, -0.25) is 4.79 Å². The highest BCUT2D eigenvalue weighted by Crippen LogP contribution is 2.15. The molecule has 0 aliphatic heterocycles. The highest BCUT2D eigenvalue weighted by Gasteiger charge is 2.12. The van der Waals surface area contributed by atoms with Crippen molar-refractivity contribution >= 4 is 11.6 Å². The fourth-order valence-electron chi connectivity index (χ4n) is 0.965. The summed E-state index contributed by atoms with van der Waals surface area (Å²) < 4.78 is 25.8. The van der Waals surface area contributed by atoms with Crippen molar-refractivity contribution in [2.75, 3.05) is 12.4 Å². The normalized spacial score (nSPS) is 12.3. The SMILES string of the molecule is CNC(C)C(=O)Nc1cc(F)ccc1F. The Morgan fingerprint density at radius 2 is 2.07 bits per heavy atom. The monoisotopic (exact) mass is 214 g/mol. The van der Waals surface area contributed by atoms with Crippen LogP contribution in [0.2, 0.25) is 0 Å². The molecule has 5 heteroatoms. The summed E-state index contributed by atoms with van der Waals surface area (Å²) in [5, 5.41) is 4.98. The van der Waals surface area contributed by atoms with E-state index >= 15 is 0 Å². The second-order valence-electron chi connectivity index (χ2n) is 3.12. The van der Waals surface area contributed by atoms with Gasteiger partial charge in [-0.15, -0.1) is 0 Å². The Labute approximate surface area is 86.5 Å². The molecule has 0 heterocycles. The summed E-state index contributed by atoms with van der Waals surface area (Å²) >= 11 is 0. The molecule has 0 aromatic heterocycles. The molecule has 1 rings (SSSR count). The van der Waals surface area contributed by atoms with Crippen molar-refractivity contribution in [3.8, 4) is 0 Å². The fraction of sp³-hybridized carbons (Fsp3) is 0.300. The van der Waals surface area contributed by atoms with Gasteiger partial charge in [0.05, 0.1) is 11.7 Å². The molecule has 1 amide bonds. The van der Waals surface area contributed by atoms with Crippen LogP contribution in [0.5, 0.6) is 0 Å². The highest BCUT2D eigenvalue weighted by molar-refractivity contribution is 5.94. The molecule has 1 atom stereocenters. The number of nitrogens with one attached hydrogen (secondary N) is 2. The molecule has 0 fully saturated rings. The van der Waals surface area contributed by atoms with Crippen LogP contribution in [-0.4, -0.2) is 19.0 Å². The average molecular weight is 214 g/mol. The summed E-state index contributed by atoms with van der Waals surface area (Å²) in [6.45, 7) is 1.62. The van der Waals surface area contributed by atoms with E-state index in [-0.39, 0.29) is 5.69 Å². The van der Waals surface area contributed by atoms with Gasteiger partial charge in [-0.1, -0.05) is 0 Å². The zero-order valence-corrected chi connectivity index (χ0v) is 8.47. The van der Waals surface area contributed by atoms with Crippen molar-refractivity contribution < 1.29 is 13.6 Å². The third kappa shape index (κ3) is 2.99. The number of anilines is 1. The largest absolute Gasteiger partial charge is 0.322 e. The first-order chi connectivity index (χ1) is 7.04. The van der Waals surface area contributed by atoms with Gasteiger partial charge in [0.2, 0.25) is 5.91 Å². The van der Waals surface area contributed by atoms with Crippen molar-refractivity contribution in [2.24, 2.45) is 0 Å². The summed E-state index contributed by atoms with van der Waals surface area (Å²) in [6.07, 6.45) is 0. The van der Waals surface area contributed by atoms with Crippen LogP contribution in [0, 0.1) is 11.6 Å². The Balaban J connectivity index is 2.80. The lowest BCUT2D eigenvalue weighted by Crippen LogP contribution is -2.35. The summed E-state index contributed by atoms with van der Waals surface area (Å²) in [6, 6.07) is 2.43.